The fourth-order valence-electron chi connectivity index (χ4n) is 22.7. The number of aryl methyl sites for hydroxylation is 3. The molecule has 6 N–H and O–H groups in total. The van der Waals surface area contributed by atoms with Gasteiger partial charge in [-0.05, 0) is 303 Å². The molecule has 614 valence electrons. The van der Waals surface area contributed by atoms with E-state index in [1.54, 1.807) is 14.2 Å². The maximum absolute atomic E-state index is 15.2. The highest BCUT2D eigenvalue weighted by Gasteiger charge is 2.70. The van der Waals surface area contributed by atoms with Crippen LogP contribution in [-0.2, 0) is 103 Å². The highest BCUT2D eigenvalue weighted by atomic mass is 79.9. The van der Waals surface area contributed by atoms with Crippen LogP contribution in [0.3, 0.4) is 0 Å². The lowest BCUT2D eigenvalue weighted by molar-refractivity contribution is -0.139. The summed E-state index contributed by atoms with van der Waals surface area (Å²) in [5.41, 5.74) is 20.0. The molecule has 11 fully saturated rings. The van der Waals surface area contributed by atoms with Gasteiger partial charge in [-0.1, -0.05) is 109 Å². The van der Waals surface area contributed by atoms with Crippen molar-refractivity contribution in [3.05, 3.63) is 105 Å². The van der Waals surface area contributed by atoms with Crippen LogP contribution in [0.4, 0.5) is 0 Å². The van der Waals surface area contributed by atoms with Gasteiger partial charge in [-0.3, -0.25) is 24.3 Å². The van der Waals surface area contributed by atoms with Crippen molar-refractivity contribution in [2.75, 3.05) is 98.9 Å². The highest BCUT2D eigenvalue weighted by Crippen LogP contribution is 2.66. The van der Waals surface area contributed by atoms with Crippen molar-refractivity contribution in [2.24, 2.45) is 85.0 Å². The number of thioether (sulfide) groups is 1. The smallest absolute Gasteiger partial charge is 0.262 e. The van der Waals surface area contributed by atoms with E-state index in [-0.39, 0.29) is 40.1 Å². The number of nitrogens with two attached hydrogens (primary N) is 2. The summed E-state index contributed by atoms with van der Waals surface area (Å²) >= 11 is 10.8. The van der Waals surface area contributed by atoms with E-state index in [1.165, 1.54) is 122 Å². The van der Waals surface area contributed by atoms with Crippen LogP contribution in [0.1, 0.15) is 243 Å². The van der Waals surface area contributed by atoms with Crippen LogP contribution in [0.15, 0.2) is 64.6 Å². The number of carbonyl (C=O) groups excluding carboxylic acids is 3. The van der Waals surface area contributed by atoms with Crippen LogP contribution in [0.25, 0.3) is 0 Å². The number of halogens is 1. The summed E-state index contributed by atoms with van der Waals surface area (Å²) in [7, 11) is 6.95. The number of methoxy groups -OCH3 is 3. The molecule has 0 bridgehead atoms. The van der Waals surface area contributed by atoms with Crippen molar-refractivity contribution in [3.8, 4) is 0 Å². The number of nitrogens with one attached hydrogen (secondary N) is 2. The molecule has 4 unspecified atom stereocenters. The molecular formula is C92H132BrN7O10S2. The van der Waals surface area contributed by atoms with E-state index < -0.39 is 16.6 Å². The number of guanidine groups is 1. The predicted octanol–water partition coefficient (Wildman–Crippen LogP) is 15.6. The Labute approximate surface area is 686 Å². The Morgan fingerprint density at radius 2 is 0.911 bits per heavy atom. The average Bonchev–Trinajstić information content (AvgIpc) is 1.53. The van der Waals surface area contributed by atoms with Gasteiger partial charge < -0.3 is 55.3 Å². The zero-order chi connectivity index (χ0) is 77.7. The molecule has 4 atom stereocenters. The van der Waals surface area contributed by atoms with Gasteiger partial charge >= 0.3 is 0 Å². The number of ketones is 1. The summed E-state index contributed by atoms with van der Waals surface area (Å²) in [6, 6.07) is 20.9. The molecule has 7 heterocycles. The number of thiocarbonyl (C=S) groups is 1. The van der Waals surface area contributed by atoms with Crippen LogP contribution < -0.4 is 22.1 Å². The Balaban J connectivity index is 0.000000127. The molecule has 0 radical (unpaired) electrons. The van der Waals surface area contributed by atoms with Crippen molar-refractivity contribution in [3.63, 3.8) is 0 Å². The summed E-state index contributed by atoms with van der Waals surface area (Å²) in [4.78, 5) is 55.7. The molecular weight excluding hydrogens is 1510 g/mol. The summed E-state index contributed by atoms with van der Waals surface area (Å²) in [5.74, 6) is 7.23. The van der Waals surface area contributed by atoms with E-state index in [4.69, 9.17) is 61.1 Å². The van der Waals surface area contributed by atoms with Gasteiger partial charge in [0.1, 0.15) is 0 Å². The molecule has 2 amide bonds. The van der Waals surface area contributed by atoms with Crippen molar-refractivity contribution in [2.45, 2.75) is 266 Å². The van der Waals surface area contributed by atoms with Gasteiger partial charge in [0.25, 0.3) is 11.8 Å². The van der Waals surface area contributed by atoms with E-state index in [0.29, 0.717) is 53.4 Å². The molecule has 3 aromatic rings. The molecule has 6 saturated carbocycles. The first-order chi connectivity index (χ1) is 54.6. The third-order valence-electron chi connectivity index (χ3n) is 30.2. The molecule has 3 aromatic carbocycles. The lowest BCUT2D eigenvalue weighted by Crippen LogP contribution is -2.56. The fraction of sp³-hybridized carbons (Fsp3) is 0.739. The Kier molecular flexibility index (Phi) is 27.1. The third-order valence-corrected chi connectivity index (χ3v) is 32.6. The second kappa shape index (κ2) is 36.6. The number of benzene rings is 3. The number of Topliss-reactive ketones (excluding diaryl/α,β-unsaturated/α-hetero) is 1. The van der Waals surface area contributed by atoms with Crippen LogP contribution in [0.5, 0.6) is 0 Å². The van der Waals surface area contributed by atoms with Gasteiger partial charge in [0.05, 0.1) is 29.3 Å². The van der Waals surface area contributed by atoms with E-state index in [1.807, 2.05) is 23.8 Å². The van der Waals surface area contributed by atoms with Gasteiger partial charge in [-0.15, -0.1) is 11.8 Å². The van der Waals surface area contributed by atoms with E-state index in [2.05, 4.69) is 86.9 Å². The largest absolute Gasteiger partial charge is 0.381 e. The maximum Gasteiger partial charge on any atom is 0.262 e. The number of fused-ring (bicyclic) bond motifs is 9. The van der Waals surface area contributed by atoms with E-state index in [0.717, 1.165) is 259 Å². The van der Waals surface area contributed by atoms with Crippen LogP contribution in [0, 0.1) is 63.6 Å². The minimum Gasteiger partial charge on any atom is -0.381 e. The fourth-order valence-corrected chi connectivity index (χ4v) is 24.9. The first kappa shape index (κ1) is 82.9. The molecule has 6 spiro atoms. The van der Waals surface area contributed by atoms with Gasteiger partial charge in [0, 0.05) is 108 Å². The molecule has 9 aliphatic carbocycles. The highest BCUT2D eigenvalue weighted by molar-refractivity contribution is 9.09. The molecule has 0 aromatic heterocycles. The zero-order valence-corrected chi connectivity index (χ0v) is 71.3. The summed E-state index contributed by atoms with van der Waals surface area (Å²) in [6.45, 7) is 7.52. The van der Waals surface area contributed by atoms with Crippen molar-refractivity contribution in [1.29, 1.82) is 0 Å². The minimum atomic E-state index is -0.869. The normalized spacial score (nSPS) is 33.0. The molecule has 20 heteroatoms. The van der Waals surface area contributed by atoms with Crippen LogP contribution >= 0.6 is 39.9 Å². The molecule has 112 heavy (non-hydrogen) atoms. The summed E-state index contributed by atoms with van der Waals surface area (Å²) in [5, 5.41) is 9.16. The summed E-state index contributed by atoms with van der Waals surface area (Å²) in [6.07, 6.45) is 40.9. The number of alkyl halides is 1. The number of carbonyl (C=O) groups is 3. The van der Waals surface area contributed by atoms with Crippen molar-refractivity contribution in [1.82, 2.24) is 15.5 Å². The van der Waals surface area contributed by atoms with Crippen molar-refractivity contribution < 1.29 is 47.5 Å². The van der Waals surface area contributed by atoms with Gasteiger partial charge in [-0.25, -0.2) is 4.99 Å². The van der Waals surface area contributed by atoms with Crippen molar-refractivity contribution >= 4 is 73.6 Å². The standard InChI is InChI=1S/C35H49NO4S.C28H39N3O3.C22H28N2O2S.C6H11BrO.CH5N/c1-38-29-8-14-34(15-9-29)22-28-7-6-25(5-4-24-2-3-24)21-31(28)35(34)32(37)30(20-26-10-16-39-17-11-26)33(36-35)41-23-27-12-18-40-19-13-27;1-33-23-8-12-27(13-9-23)17-22-7-6-20(5-4-19-2-3-19)16-24(22)28(27)25(32)31(26(29)30-28)18-21-10-14-34-15-11-21;1-26-17-8-10-21(11-9-17)13-16-7-6-15(5-4-14-2-3-14)12-18(16)22(21)19(25)23-20(27)24-22;7-5-6-1-3-8-4-2-6;1-2/h6-7,21,24,26-27,29-30H,2-5,8-20,22-23H2,1H3;6-7,16,19,21,23H,2-5,8-15,17-18H2,1H3,(H2,29,30);6-7,12,14,17H,2-5,8-11,13H2,1H3,(H2,23,24,25,27);6H,1-5H2;2H2,1H3. The van der Waals surface area contributed by atoms with Gasteiger partial charge in [0.15, 0.2) is 33.5 Å². The first-order valence-corrected chi connectivity index (χ1v) is 46.6. The van der Waals surface area contributed by atoms with Crippen LogP contribution in [-0.4, -0.2) is 156 Å². The van der Waals surface area contributed by atoms with Gasteiger partial charge in [-0.2, -0.15) is 0 Å². The SMILES string of the molecule is BrCC1CCOCC1.CN.COC1CCC2(CC1)Cc1ccc(CCC3CC3)cc1C21N=C(N)N(CC2CCOCC2)C1=O.COC1CCC2(CC1)Cc1ccc(CCC3CC3)cc1C21N=C(SCC2CCOCC2)C(CC2CCOCC2)C1=O.COC1CCC2(CC1)Cc1ccc(CCC3CC3)cc1C21NC(=S)NC1=O. The maximum atomic E-state index is 15.2. The Morgan fingerprint density at radius 3 is 1.34 bits per heavy atom. The number of hydrogen-bond donors (Lipinski definition) is 4. The number of nitrogens with zero attached hydrogens (tertiary/aromatic N) is 3. The van der Waals surface area contributed by atoms with Gasteiger partial charge in [0.2, 0.25) is 0 Å². The number of hydrogen-bond acceptors (Lipinski definition) is 16. The zero-order valence-electron chi connectivity index (χ0n) is 68.1. The van der Waals surface area contributed by atoms with E-state index >= 15 is 4.79 Å². The lowest BCUT2D eigenvalue weighted by Gasteiger charge is -2.46. The number of rotatable bonds is 19. The average molecular weight is 1640 g/mol. The second-order valence-corrected chi connectivity index (χ2v) is 38.9. The number of ether oxygens (including phenoxy) is 7. The first-order valence-electron chi connectivity index (χ1n) is 44.1. The molecule has 7 aliphatic heterocycles. The summed E-state index contributed by atoms with van der Waals surface area (Å²) < 4.78 is 39.2. The second-order valence-electron chi connectivity index (χ2n) is 36.9. The monoisotopic (exact) mass is 1640 g/mol. The number of amides is 2. The Hall–Kier alpha value is -4.19. The predicted molar refractivity (Wildman–Crippen MR) is 452 cm³/mol. The Morgan fingerprint density at radius 1 is 0.509 bits per heavy atom. The molecule has 17 nitrogen and oxygen atoms in total. The lowest BCUT2D eigenvalue weighted by atomic mass is 9.59. The topological polar surface area (TPSA) is 220 Å². The minimum absolute atomic E-state index is 0.0430. The third kappa shape index (κ3) is 17.1. The molecule has 5 saturated heterocycles. The Bertz CT molecular complexity index is 3820. The quantitative estimate of drug-likeness (QED) is 0.0648. The van der Waals surface area contributed by atoms with E-state index in [9.17, 15) is 9.59 Å². The molecule has 19 rings (SSSR count). The molecule has 16 aliphatic rings. The van der Waals surface area contributed by atoms with Crippen LogP contribution in [0.2, 0.25) is 0 Å². The number of aliphatic imine (C=N–C) groups is 2.